The van der Waals surface area contributed by atoms with Gasteiger partial charge in [0, 0.05) is 6.42 Å². The Morgan fingerprint density at radius 3 is 2.76 bits per heavy atom. The highest BCUT2D eigenvalue weighted by Crippen LogP contribution is 2.29. The molecule has 2 aliphatic heterocycles. The number of hydrogen-bond donors (Lipinski definition) is 1. The van der Waals surface area contributed by atoms with E-state index in [-0.39, 0.29) is 24.9 Å². The van der Waals surface area contributed by atoms with E-state index in [0.29, 0.717) is 19.3 Å². The number of carbonyl (C=O) groups is 1. The smallest absolute Gasteiger partial charge is 0.303 e. The topological polar surface area (TPSA) is 89.9 Å². The van der Waals surface area contributed by atoms with Crippen LogP contribution in [0.1, 0.15) is 25.7 Å². The lowest BCUT2D eigenvalue weighted by molar-refractivity contribution is -0.137. The van der Waals surface area contributed by atoms with Crippen molar-refractivity contribution in [2.24, 2.45) is 0 Å². The van der Waals surface area contributed by atoms with E-state index >= 15 is 0 Å². The maximum Gasteiger partial charge on any atom is 0.303 e. The fourth-order valence-corrected chi connectivity index (χ4v) is 4.10. The van der Waals surface area contributed by atoms with Gasteiger partial charge in [0.25, 0.3) is 0 Å². The molecule has 0 aromatic rings. The van der Waals surface area contributed by atoms with Crippen molar-refractivity contribution >= 4 is 15.8 Å². The summed E-state index contributed by atoms with van der Waals surface area (Å²) in [5, 5.41) is 7.97. The number of rotatable bonds is 4. The SMILES string of the molecule is O=C(O)CCC1COC(C2CCCS2(=O)=O)O1. The maximum atomic E-state index is 11.7. The molecule has 2 fully saturated rings. The van der Waals surface area contributed by atoms with Crippen LogP contribution in [0, 0.1) is 0 Å². The first-order valence-electron chi connectivity index (χ1n) is 5.69. The second kappa shape index (κ2) is 4.91. The highest BCUT2D eigenvalue weighted by atomic mass is 32.2. The molecule has 0 amide bonds. The third-order valence-corrected chi connectivity index (χ3v) is 5.37. The summed E-state index contributed by atoms with van der Waals surface area (Å²) in [4.78, 5) is 10.4. The molecule has 0 aliphatic carbocycles. The van der Waals surface area contributed by atoms with Gasteiger partial charge in [0.2, 0.25) is 0 Å². The third-order valence-electron chi connectivity index (χ3n) is 3.14. The summed E-state index contributed by atoms with van der Waals surface area (Å²) < 4.78 is 34.1. The monoisotopic (exact) mass is 264 g/mol. The van der Waals surface area contributed by atoms with Gasteiger partial charge in [0.05, 0.1) is 18.5 Å². The minimum absolute atomic E-state index is 0.0121. The van der Waals surface area contributed by atoms with Crippen molar-refractivity contribution in [2.45, 2.75) is 43.3 Å². The molecule has 0 radical (unpaired) electrons. The quantitative estimate of drug-likeness (QED) is 0.778. The number of carboxylic acid groups (broad SMARTS) is 1. The van der Waals surface area contributed by atoms with Gasteiger partial charge in [-0.05, 0) is 19.3 Å². The standard InChI is InChI=1S/C10H16O6S/c11-9(12)4-3-7-6-15-10(16-7)8-2-1-5-17(8,13)14/h7-8,10H,1-6H2,(H,11,12). The maximum absolute atomic E-state index is 11.7. The van der Waals surface area contributed by atoms with Gasteiger partial charge in [-0.25, -0.2) is 8.42 Å². The van der Waals surface area contributed by atoms with Gasteiger partial charge >= 0.3 is 5.97 Å². The minimum atomic E-state index is -3.09. The third kappa shape index (κ3) is 2.97. The number of hydrogen-bond acceptors (Lipinski definition) is 5. The molecule has 2 aliphatic rings. The summed E-state index contributed by atoms with van der Waals surface area (Å²) in [5.41, 5.74) is 0. The Hall–Kier alpha value is -0.660. The Kier molecular flexibility index (Phi) is 3.70. The second-order valence-electron chi connectivity index (χ2n) is 4.44. The van der Waals surface area contributed by atoms with Crippen molar-refractivity contribution in [2.75, 3.05) is 12.4 Å². The largest absolute Gasteiger partial charge is 0.481 e. The van der Waals surface area contributed by atoms with Crippen LogP contribution >= 0.6 is 0 Å². The summed E-state index contributed by atoms with van der Waals surface area (Å²) in [5.74, 6) is -0.689. The molecule has 7 heteroatoms. The summed E-state index contributed by atoms with van der Waals surface area (Å²) in [6.07, 6.45) is 0.582. The number of ether oxygens (including phenoxy) is 2. The van der Waals surface area contributed by atoms with Gasteiger partial charge in [-0.2, -0.15) is 0 Å². The normalized spacial score (nSPS) is 36.1. The zero-order valence-electron chi connectivity index (χ0n) is 9.37. The number of aliphatic carboxylic acids is 1. The van der Waals surface area contributed by atoms with Gasteiger partial charge in [-0.15, -0.1) is 0 Å². The van der Waals surface area contributed by atoms with E-state index in [1.165, 1.54) is 0 Å². The van der Waals surface area contributed by atoms with Crippen LogP contribution in [0.15, 0.2) is 0 Å². The fourth-order valence-electron chi connectivity index (χ4n) is 2.22. The Morgan fingerprint density at radius 1 is 1.41 bits per heavy atom. The molecule has 17 heavy (non-hydrogen) atoms. The van der Waals surface area contributed by atoms with E-state index in [1.807, 2.05) is 0 Å². The molecule has 0 aromatic carbocycles. The predicted octanol–water partition coefficient (Wildman–Crippen LogP) is 0.170. The molecule has 1 N–H and O–H groups in total. The van der Waals surface area contributed by atoms with Crippen molar-refractivity contribution in [3.63, 3.8) is 0 Å². The van der Waals surface area contributed by atoms with Crippen LogP contribution in [0.5, 0.6) is 0 Å². The Morgan fingerprint density at radius 2 is 2.18 bits per heavy atom. The fraction of sp³-hybridized carbons (Fsp3) is 0.900. The molecule has 3 unspecified atom stereocenters. The molecule has 2 rings (SSSR count). The Bertz CT molecular complexity index is 390. The molecule has 0 aromatic heterocycles. The molecular weight excluding hydrogens is 248 g/mol. The molecule has 0 bridgehead atoms. The number of sulfone groups is 1. The lowest BCUT2D eigenvalue weighted by Crippen LogP contribution is -2.32. The molecule has 0 saturated carbocycles. The highest BCUT2D eigenvalue weighted by molar-refractivity contribution is 7.92. The summed E-state index contributed by atoms with van der Waals surface area (Å²) in [6.45, 7) is 0.282. The summed E-state index contributed by atoms with van der Waals surface area (Å²) in [6, 6.07) is 0. The molecule has 0 spiro atoms. The van der Waals surface area contributed by atoms with Gasteiger partial charge in [-0.1, -0.05) is 0 Å². The molecule has 3 atom stereocenters. The van der Waals surface area contributed by atoms with Crippen LogP contribution in [0.2, 0.25) is 0 Å². The lowest BCUT2D eigenvalue weighted by atomic mass is 10.2. The zero-order valence-corrected chi connectivity index (χ0v) is 10.2. The lowest BCUT2D eigenvalue weighted by Gasteiger charge is -2.16. The van der Waals surface area contributed by atoms with Gasteiger partial charge in [0.1, 0.15) is 5.25 Å². The van der Waals surface area contributed by atoms with E-state index in [9.17, 15) is 13.2 Å². The zero-order chi connectivity index (χ0) is 12.5. The highest BCUT2D eigenvalue weighted by Gasteiger charge is 2.42. The van der Waals surface area contributed by atoms with Crippen molar-refractivity contribution in [3.05, 3.63) is 0 Å². The van der Waals surface area contributed by atoms with Crippen LogP contribution in [-0.2, 0) is 24.1 Å². The predicted molar refractivity (Wildman–Crippen MR) is 58.3 cm³/mol. The second-order valence-corrected chi connectivity index (χ2v) is 6.78. The van der Waals surface area contributed by atoms with E-state index < -0.39 is 27.3 Å². The van der Waals surface area contributed by atoms with Gasteiger partial charge in [0.15, 0.2) is 16.1 Å². The van der Waals surface area contributed by atoms with E-state index in [4.69, 9.17) is 14.6 Å². The minimum Gasteiger partial charge on any atom is -0.481 e. The van der Waals surface area contributed by atoms with Crippen LogP contribution < -0.4 is 0 Å². The summed E-state index contributed by atoms with van der Waals surface area (Å²) in [7, 11) is -3.09. The van der Waals surface area contributed by atoms with E-state index in [2.05, 4.69) is 0 Å². The van der Waals surface area contributed by atoms with Crippen molar-refractivity contribution in [1.82, 2.24) is 0 Å². The Labute approximate surface area is 99.8 Å². The first-order chi connectivity index (χ1) is 7.99. The van der Waals surface area contributed by atoms with Crippen LogP contribution in [0.4, 0.5) is 0 Å². The average Bonchev–Trinajstić information content (AvgIpc) is 2.80. The average molecular weight is 264 g/mol. The molecule has 6 nitrogen and oxygen atoms in total. The molecule has 98 valence electrons. The first-order valence-corrected chi connectivity index (χ1v) is 7.41. The molecule has 2 heterocycles. The Balaban J connectivity index is 1.87. The molecular formula is C10H16O6S. The molecule has 2 saturated heterocycles. The van der Waals surface area contributed by atoms with Gasteiger partial charge in [-0.3, -0.25) is 4.79 Å². The van der Waals surface area contributed by atoms with Crippen molar-refractivity contribution < 1.29 is 27.8 Å². The number of carboxylic acids is 1. The van der Waals surface area contributed by atoms with Crippen molar-refractivity contribution in [1.29, 1.82) is 0 Å². The first kappa shape index (κ1) is 12.8. The van der Waals surface area contributed by atoms with Crippen LogP contribution in [0.3, 0.4) is 0 Å². The van der Waals surface area contributed by atoms with Crippen molar-refractivity contribution in [3.8, 4) is 0 Å². The van der Waals surface area contributed by atoms with Gasteiger partial charge < -0.3 is 14.6 Å². The van der Waals surface area contributed by atoms with Crippen LogP contribution in [0.25, 0.3) is 0 Å². The van der Waals surface area contributed by atoms with E-state index in [0.717, 1.165) is 0 Å². The van der Waals surface area contributed by atoms with E-state index in [1.54, 1.807) is 0 Å². The summed E-state index contributed by atoms with van der Waals surface area (Å²) >= 11 is 0. The van der Waals surface area contributed by atoms with Crippen LogP contribution in [-0.4, -0.2) is 49.5 Å².